The summed E-state index contributed by atoms with van der Waals surface area (Å²) >= 11 is 6.31. The number of piperidine rings is 1. The Balaban J connectivity index is 1.40. The second-order valence-electron chi connectivity index (χ2n) is 8.64. The maximum Gasteiger partial charge on any atom is 0.407 e. The molecule has 4 rings (SSSR count). The first-order chi connectivity index (χ1) is 13.9. The molecule has 2 amide bonds. The largest absolute Gasteiger partial charge is 0.465 e. The van der Waals surface area contributed by atoms with Gasteiger partial charge in [0.05, 0.1) is 0 Å². The summed E-state index contributed by atoms with van der Waals surface area (Å²) in [5, 5.41) is 13.0. The fraction of sp³-hybridized carbons (Fsp3) is 0.619. The minimum atomic E-state index is -0.800. The number of rotatable bonds is 4. The Morgan fingerprint density at radius 2 is 1.79 bits per heavy atom. The Hall–Kier alpha value is -1.99. The van der Waals surface area contributed by atoms with Crippen molar-refractivity contribution in [3.8, 4) is 0 Å². The van der Waals surface area contributed by atoms with Gasteiger partial charge in [-0.3, -0.25) is 9.69 Å². The van der Waals surface area contributed by atoms with Crippen molar-refractivity contribution in [2.75, 3.05) is 44.2 Å². The van der Waals surface area contributed by atoms with E-state index in [-0.39, 0.29) is 11.9 Å². The number of hydrogen-bond acceptors (Lipinski definition) is 4. The molecule has 3 aliphatic heterocycles. The summed E-state index contributed by atoms with van der Waals surface area (Å²) in [4.78, 5) is 28.9. The molecular weight excluding hydrogens is 392 g/mol. The van der Waals surface area contributed by atoms with Crippen molar-refractivity contribution in [3.63, 3.8) is 0 Å². The van der Waals surface area contributed by atoms with Gasteiger partial charge in [0, 0.05) is 69.5 Å². The van der Waals surface area contributed by atoms with Crippen molar-refractivity contribution in [2.45, 2.75) is 32.4 Å². The van der Waals surface area contributed by atoms with E-state index in [1.165, 1.54) is 11.3 Å². The Labute approximate surface area is 176 Å². The van der Waals surface area contributed by atoms with E-state index in [9.17, 15) is 14.7 Å². The monoisotopic (exact) mass is 420 g/mol. The normalized spacial score (nSPS) is 25.3. The standard InChI is InChI=1S/C21H29ClN4O3/c1-14(27)23-19-4-6-25(7-5-19)20-3-2-18(22)8-15(20)9-24-10-16-12-26(21(28)29)13-17(16)11-24/h2-3,8,16-17,19H,4-7,9-13H2,1H3,(H,23,27)(H,28,29). The SMILES string of the molecule is CC(=O)NC1CCN(c2ccc(Cl)cc2CN2CC3CN(C(=O)O)CC3C2)CC1. The molecule has 0 saturated carbocycles. The molecule has 0 aliphatic carbocycles. The van der Waals surface area contributed by atoms with Crippen LogP contribution < -0.4 is 10.2 Å². The van der Waals surface area contributed by atoms with Crippen molar-refractivity contribution in [1.82, 2.24) is 15.1 Å². The predicted molar refractivity (Wildman–Crippen MR) is 112 cm³/mol. The smallest absolute Gasteiger partial charge is 0.407 e. The van der Waals surface area contributed by atoms with E-state index in [1.807, 2.05) is 6.07 Å². The van der Waals surface area contributed by atoms with E-state index in [0.29, 0.717) is 24.9 Å². The lowest BCUT2D eigenvalue weighted by Crippen LogP contribution is -2.44. The van der Waals surface area contributed by atoms with Crippen molar-refractivity contribution >= 4 is 29.3 Å². The number of carbonyl (C=O) groups is 2. The van der Waals surface area contributed by atoms with Crippen LogP contribution in [0.25, 0.3) is 0 Å². The maximum absolute atomic E-state index is 11.3. The van der Waals surface area contributed by atoms with Gasteiger partial charge in [0.2, 0.25) is 5.91 Å². The number of carbonyl (C=O) groups excluding carboxylic acids is 1. The van der Waals surface area contributed by atoms with Crippen LogP contribution in [0.4, 0.5) is 10.5 Å². The molecule has 1 aromatic carbocycles. The van der Waals surface area contributed by atoms with Crippen LogP contribution in [0.5, 0.6) is 0 Å². The lowest BCUT2D eigenvalue weighted by atomic mass is 10.0. The summed E-state index contributed by atoms with van der Waals surface area (Å²) in [5.74, 6) is 0.904. The highest BCUT2D eigenvalue weighted by atomic mass is 35.5. The molecule has 29 heavy (non-hydrogen) atoms. The zero-order valence-corrected chi connectivity index (χ0v) is 17.6. The zero-order chi connectivity index (χ0) is 20.5. The molecule has 1 aromatic rings. The number of nitrogens with zero attached hydrogens (tertiary/aromatic N) is 3. The molecule has 3 aliphatic rings. The van der Waals surface area contributed by atoms with Crippen LogP contribution >= 0.6 is 11.6 Å². The number of carboxylic acid groups (broad SMARTS) is 1. The number of anilines is 1. The highest BCUT2D eigenvalue weighted by Gasteiger charge is 2.41. The van der Waals surface area contributed by atoms with Gasteiger partial charge in [0.1, 0.15) is 0 Å². The minimum Gasteiger partial charge on any atom is -0.465 e. The molecular formula is C21H29ClN4O3. The number of hydrogen-bond donors (Lipinski definition) is 2. The first kappa shape index (κ1) is 20.3. The molecule has 0 spiro atoms. The van der Waals surface area contributed by atoms with E-state index in [2.05, 4.69) is 27.2 Å². The van der Waals surface area contributed by atoms with Gasteiger partial charge < -0.3 is 20.2 Å². The van der Waals surface area contributed by atoms with E-state index in [1.54, 1.807) is 11.8 Å². The lowest BCUT2D eigenvalue weighted by molar-refractivity contribution is -0.119. The van der Waals surface area contributed by atoms with Crippen LogP contribution in [0.3, 0.4) is 0 Å². The van der Waals surface area contributed by atoms with Crippen molar-refractivity contribution in [1.29, 1.82) is 0 Å². The highest BCUT2D eigenvalue weighted by Crippen LogP contribution is 2.34. The van der Waals surface area contributed by atoms with Crippen molar-refractivity contribution in [2.24, 2.45) is 11.8 Å². The molecule has 3 saturated heterocycles. The summed E-state index contributed by atoms with van der Waals surface area (Å²) in [5.41, 5.74) is 2.45. The third-order valence-corrected chi connectivity index (χ3v) is 6.75. The molecule has 7 nitrogen and oxygen atoms in total. The molecule has 0 aromatic heterocycles. The Bertz CT molecular complexity index is 767. The van der Waals surface area contributed by atoms with Crippen LogP contribution in [0.1, 0.15) is 25.3 Å². The second-order valence-corrected chi connectivity index (χ2v) is 9.07. The molecule has 0 radical (unpaired) electrons. The average Bonchev–Trinajstić information content (AvgIpc) is 3.21. The third-order valence-electron chi connectivity index (χ3n) is 6.51. The van der Waals surface area contributed by atoms with E-state index in [0.717, 1.165) is 50.6 Å². The van der Waals surface area contributed by atoms with E-state index >= 15 is 0 Å². The van der Waals surface area contributed by atoms with Gasteiger partial charge in [-0.1, -0.05) is 11.6 Å². The van der Waals surface area contributed by atoms with Crippen LogP contribution in [-0.2, 0) is 11.3 Å². The maximum atomic E-state index is 11.3. The number of amides is 2. The predicted octanol–water partition coefficient (Wildman–Crippen LogP) is 2.49. The van der Waals surface area contributed by atoms with Crippen LogP contribution in [-0.4, -0.2) is 72.2 Å². The molecule has 2 N–H and O–H groups in total. The first-order valence-electron chi connectivity index (χ1n) is 10.4. The van der Waals surface area contributed by atoms with E-state index < -0.39 is 6.09 Å². The van der Waals surface area contributed by atoms with Crippen LogP contribution in [0.15, 0.2) is 18.2 Å². The number of halogens is 1. The van der Waals surface area contributed by atoms with Gasteiger partial charge in [-0.2, -0.15) is 0 Å². The molecule has 2 atom stereocenters. The van der Waals surface area contributed by atoms with Gasteiger partial charge in [0.25, 0.3) is 0 Å². The second kappa shape index (κ2) is 8.40. The fourth-order valence-electron chi connectivity index (χ4n) is 5.16. The van der Waals surface area contributed by atoms with Gasteiger partial charge in [-0.25, -0.2) is 4.79 Å². The minimum absolute atomic E-state index is 0.0386. The number of nitrogens with one attached hydrogen (secondary N) is 1. The van der Waals surface area contributed by atoms with Crippen LogP contribution in [0, 0.1) is 11.8 Å². The molecule has 3 heterocycles. The number of likely N-dealkylation sites (tertiary alicyclic amines) is 2. The summed E-state index contributed by atoms with van der Waals surface area (Å²) < 4.78 is 0. The number of benzene rings is 1. The summed E-state index contributed by atoms with van der Waals surface area (Å²) in [6.07, 6.45) is 1.09. The van der Waals surface area contributed by atoms with Crippen LogP contribution in [0.2, 0.25) is 5.02 Å². The molecule has 8 heteroatoms. The Morgan fingerprint density at radius 3 is 2.38 bits per heavy atom. The molecule has 3 fully saturated rings. The number of fused-ring (bicyclic) bond motifs is 1. The van der Waals surface area contributed by atoms with Crippen molar-refractivity contribution in [3.05, 3.63) is 28.8 Å². The summed E-state index contributed by atoms with van der Waals surface area (Å²) in [6, 6.07) is 6.38. The topological polar surface area (TPSA) is 76.1 Å². The first-order valence-corrected chi connectivity index (χ1v) is 10.8. The molecule has 158 valence electrons. The van der Waals surface area contributed by atoms with Gasteiger partial charge in [-0.05, 0) is 48.4 Å². The lowest BCUT2D eigenvalue weighted by Gasteiger charge is -2.35. The van der Waals surface area contributed by atoms with Crippen molar-refractivity contribution < 1.29 is 14.7 Å². The molecule has 2 unspecified atom stereocenters. The van der Waals surface area contributed by atoms with Gasteiger partial charge in [0.15, 0.2) is 0 Å². The zero-order valence-electron chi connectivity index (χ0n) is 16.8. The summed E-state index contributed by atoms with van der Waals surface area (Å²) in [7, 11) is 0. The van der Waals surface area contributed by atoms with E-state index in [4.69, 9.17) is 11.6 Å². The Morgan fingerprint density at radius 1 is 1.14 bits per heavy atom. The quantitative estimate of drug-likeness (QED) is 0.782. The third kappa shape index (κ3) is 4.61. The summed E-state index contributed by atoms with van der Waals surface area (Å²) in [6.45, 7) is 7.41. The molecule has 0 bridgehead atoms. The highest BCUT2D eigenvalue weighted by molar-refractivity contribution is 6.30. The average molecular weight is 421 g/mol. The fourth-order valence-corrected chi connectivity index (χ4v) is 5.35. The Kier molecular flexibility index (Phi) is 5.88. The van der Waals surface area contributed by atoms with Gasteiger partial charge >= 0.3 is 6.09 Å². The van der Waals surface area contributed by atoms with Gasteiger partial charge in [-0.15, -0.1) is 0 Å².